The highest BCUT2D eigenvalue weighted by Gasteiger charge is 2.29. The summed E-state index contributed by atoms with van der Waals surface area (Å²) >= 11 is 1.60. The van der Waals surface area contributed by atoms with Gasteiger partial charge in [-0.2, -0.15) is 0 Å². The average Bonchev–Trinajstić information content (AvgIpc) is 2.91. The molecule has 0 saturated carbocycles. The van der Waals surface area contributed by atoms with Crippen LogP contribution < -0.4 is 10.0 Å². The molecule has 0 aromatic carbocycles. The molecule has 1 aliphatic heterocycles. The molecule has 2 heterocycles. The van der Waals surface area contributed by atoms with Crippen molar-refractivity contribution in [1.82, 2.24) is 10.0 Å². The molecule has 6 heteroatoms. The molecule has 2 rings (SSSR count). The minimum Gasteiger partial charge on any atom is -0.317 e. The molecule has 18 heavy (non-hydrogen) atoms. The van der Waals surface area contributed by atoms with Crippen LogP contribution in [0.4, 0.5) is 0 Å². The fourth-order valence-corrected chi connectivity index (χ4v) is 4.91. The summed E-state index contributed by atoms with van der Waals surface area (Å²) in [4.78, 5) is 1.09. The van der Waals surface area contributed by atoms with Crippen LogP contribution in [0.1, 0.15) is 37.1 Å². The molecule has 1 fully saturated rings. The lowest BCUT2D eigenvalue weighted by Gasteiger charge is -2.25. The fraction of sp³-hybridized carbons (Fsp3) is 0.667. The number of nitrogens with one attached hydrogen (secondary N) is 2. The third kappa shape index (κ3) is 3.32. The van der Waals surface area contributed by atoms with Crippen LogP contribution >= 0.6 is 11.3 Å². The summed E-state index contributed by atoms with van der Waals surface area (Å²) < 4.78 is 27.5. The Bertz CT molecular complexity index is 450. The first-order valence-corrected chi connectivity index (χ1v) is 8.81. The van der Waals surface area contributed by atoms with Gasteiger partial charge in [0.25, 0.3) is 0 Å². The molecule has 102 valence electrons. The lowest BCUT2D eigenvalue weighted by Crippen LogP contribution is -2.42. The Morgan fingerprint density at radius 1 is 1.50 bits per heavy atom. The van der Waals surface area contributed by atoms with Crippen molar-refractivity contribution in [2.24, 2.45) is 0 Å². The quantitative estimate of drug-likeness (QED) is 0.869. The van der Waals surface area contributed by atoms with E-state index in [0.717, 1.165) is 24.4 Å². The molecule has 1 unspecified atom stereocenters. The Balaban J connectivity index is 2.06. The van der Waals surface area contributed by atoms with Crippen molar-refractivity contribution in [3.63, 3.8) is 0 Å². The Kier molecular flexibility index (Phi) is 4.77. The lowest BCUT2D eigenvalue weighted by molar-refractivity contribution is 0.480. The van der Waals surface area contributed by atoms with Crippen molar-refractivity contribution >= 4 is 21.4 Å². The van der Waals surface area contributed by atoms with E-state index in [1.807, 2.05) is 24.4 Å². The topological polar surface area (TPSA) is 58.2 Å². The van der Waals surface area contributed by atoms with Gasteiger partial charge >= 0.3 is 0 Å². The van der Waals surface area contributed by atoms with Crippen LogP contribution in [0.2, 0.25) is 0 Å². The Morgan fingerprint density at radius 2 is 2.22 bits per heavy atom. The highest BCUT2D eigenvalue weighted by molar-refractivity contribution is 7.90. The maximum absolute atomic E-state index is 12.3. The SMILES string of the molecule is CCC(NS(=O)(=O)C1CCNCC1)c1cccs1. The summed E-state index contributed by atoms with van der Waals surface area (Å²) in [5.41, 5.74) is 0. The summed E-state index contributed by atoms with van der Waals surface area (Å²) in [6, 6.07) is 3.87. The van der Waals surface area contributed by atoms with Gasteiger partial charge < -0.3 is 5.32 Å². The van der Waals surface area contributed by atoms with Crippen LogP contribution in [0.25, 0.3) is 0 Å². The molecule has 1 atom stereocenters. The largest absolute Gasteiger partial charge is 0.317 e. The van der Waals surface area contributed by atoms with Gasteiger partial charge in [-0.15, -0.1) is 11.3 Å². The van der Waals surface area contributed by atoms with Gasteiger partial charge in [-0.25, -0.2) is 13.1 Å². The van der Waals surface area contributed by atoms with E-state index in [1.54, 1.807) is 11.3 Å². The molecule has 0 aliphatic carbocycles. The molecule has 1 aliphatic rings. The summed E-state index contributed by atoms with van der Waals surface area (Å²) in [6.07, 6.45) is 2.19. The molecular formula is C12H20N2O2S2. The first-order valence-electron chi connectivity index (χ1n) is 6.38. The molecule has 0 radical (unpaired) electrons. The third-order valence-electron chi connectivity index (χ3n) is 3.33. The maximum Gasteiger partial charge on any atom is 0.215 e. The number of hydrogen-bond acceptors (Lipinski definition) is 4. The summed E-state index contributed by atoms with van der Waals surface area (Å²) in [5.74, 6) is 0. The zero-order valence-electron chi connectivity index (χ0n) is 10.6. The normalized spacial score (nSPS) is 19.8. The fourth-order valence-electron chi connectivity index (χ4n) is 2.23. The molecule has 4 nitrogen and oxygen atoms in total. The van der Waals surface area contributed by atoms with E-state index in [1.165, 1.54) is 0 Å². The van der Waals surface area contributed by atoms with Crippen molar-refractivity contribution in [2.45, 2.75) is 37.5 Å². The maximum atomic E-state index is 12.3. The van der Waals surface area contributed by atoms with Gasteiger partial charge in [0.05, 0.1) is 11.3 Å². The number of sulfonamides is 1. The third-order valence-corrected chi connectivity index (χ3v) is 6.27. The van der Waals surface area contributed by atoms with Crippen LogP contribution in [0.3, 0.4) is 0 Å². The van der Waals surface area contributed by atoms with Gasteiger partial charge in [-0.05, 0) is 43.8 Å². The van der Waals surface area contributed by atoms with Crippen LogP contribution in [-0.4, -0.2) is 26.8 Å². The van der Waals surface area contributed by atoms with E-state index >= 15 is 0 Å². The Labute approximate surface area is 113 Å². The molecule has 0 amide bonds. The zero-order chi connectivity index (χ0) is 13.0. The van der Waals surface area contributed by atoms with Crippen molar-refractivity contribution in [2.75, 3.05) is 13.1 Å². The van der Waals surface area contributed by atoms with Crippen LogP contribution in [0, 0.1) is 0 Å². The van der Waals surface area contributed by atoms with E-state index in [2.05, 4.69) is 10.0 Å². The van der Waals surface area contributed by atoms with Crippen LogP contribution in [-0.2, 0) is 10.0 Å². The van der Waals surface area contributed by atoms with Crippen LogP contribution in [0.15, 0.2) is 17.5 Å². The number of thiophene rings is 1. The first-order chi connectivity index (χ1) is 8.63. The van der Waals surface area contributed by atoms with E-state index in [9.17, 15) is 8.42 Å². The molecule has 2 N–H and O–H groups in total. The first kappa shape index (κ1) is 14.0. The highest BCUT2D eigenvalue weighted by Crippen LogP contribution is 2.24. The van der Waals surface area contributed by atoms with Gasteiger partial charge in [0.1, 0.15) is 0 Å². The lowest BCUT2D eigenvalue weighted by atomic mass is 10.2. The Morgan fingerprint density at radius 3 is 2.78 bits per heavy atom. The van der Waals surface area contributed by atoms with Gasteiger partial charge in [-0.1, -0.05) is 13.0 Å². The van der Waals surface area contributed by atoms with E-state index in [4.69, 9.17) is 0 Å². The minimum atomic E-state index is -3.20. The van der Waals surface area contributed by atoms with Gasteiger partial charge in [0.2, 0.25) is 10.0 Å². The summed E-state index contributed by atoms with van der Waals surface area (Å²) in [6.45, 7) is 3.60. The van der Waals surface area contributed by atoms with Gasteiger partial charge in [-0.3, -0.25) is 0 Å². The zero-order valence-corrected chi connectivity index (χ0v) is 12.2. The standard InChI is InChI=1S/C12H20N2O2S2/c1-2-11(12-4-3-9-17-12)14-18(15,16)10-5-7-13-8-6-10/h3-4,9-11,13-14H,2,5-8H2,1H3. The minimum absolute atomic E-state index is 0.0788. The Hall–Kier alpha value is -0.430. The van der Waals surface area contributed by atoms with Gasteiger partial charge in [0, 0.05) is 4.88 Å². The average molecular weight is 288 g/mol. The summed E-state index contributed by atoms with van der Waals surface area (Å²) in [5, 5.41) is 4.93. The second kappa shape index (κ2) is 6.14. The molecular weight excluding hydrogens is 268 g/mol. The summed E-state index contributed by atoms with van der Waals surface area (Å²) in [7, 11) is -3.20. The molecule has 0 spiro atoms. The number of piperidine rings is 1. The van der Waals surface area contributed by atoms with Crippen molar-refractivity contribution in [1.29, 1.82) is 0 Å². The monoisotopic (exact) mass is 288 g/mol. The second-order valence-corrected chi connectivity index (χ2v) is 7.56. The number of rotatable bonds is 5. The predicted molar refractivity (Wildman–Crippen MR) is 75.3 cm³/mol. The van der Waals surface area contributed by atoms with E-state index in [0.29, 0.717) is 12.8 Å². The molecule has 0 bridgehead atoms. The van der Waals surface area contributed by atoms with Crippen molar-refractivity contribution in [3.05, 3.63) is 22.4 Å². The van der Waals surface area contributed by atoms with Crippen molar-refractivity contribution < 1.29 is 8.42 Å². The molecule has 1 saturated heterocycles. The predicted octanol–water partition coefficient (Wildman–Crippen LogP) is 1.87. The smallest absolute Gasteiger partial charge is 0.215 e. The highest BCUT2D eigenvalue weighted by atomic mass is 32.2. The van der Waals surface area contributed by atoms with E-state index < -0.39 is 10.0 Å². The second-order valence-electron chi connectivity index (χ2n) is 4.59. The number of hydrogen-bond donors (Lipinski definition) is 2. The van der Waals surface area contributed by atoms with Crippen LogP contribution in [0.5, 0.6) is 0 Å². The van der Waals surface area contributed by atoms with Gasteiger partial charge in [0.15, 0.2) is 0 Å². The van der Waals surface area contributed by atoms with Crippen molar-refractivity contribution in [3.8, 4) is 0 Å². The van der Waals surface area contributed by atoms with E-state index in [-0.39, 0.29) is 11.3 Å². The molecule has 1 aromatic rings. The molecule has 1 aromatic heterocycles.